The van der Waals surface area contributed by atoms with Crippen molar-refractivity contribution in [1.29, 1.82) is 0 Å². The van der Waals surface area contributed by atoms with Crippen LogP contribution in [0.2, 0.25) is 0 Å². The third-order valence-electron chi connectivity index (χ3n) is 5.25. The van der Waals surface area contributed by atoms with Crippen LogP contribution >= 0.6 is 0 Å². The minimum atomic E-state index is -0.604. The van der Waals surface area contributed by atoms with Crippen molar-refractivity contribution in [2.45, 2.75) is 38.3 Å². The lowest BCUT2D eigenvalue weighted by Crippen LogP contribution is -2.37. The molecule has 6 heteroatoms. The number of amides is 2. The van der Waals surface area contributed by atoms with Gasteiger partial charge in [-0.25, -0.2) is 0 Å². The first-order valence-electron chi connectivity index (χ1n) is 9.45. The molecule has 1 fully saturated rings. The van der Waals surface area contributed by atoms with Gasteiger partial charge in [-0.15, -0.1) is 0 Å². The van der Waals surface area contributed by atoms with Crippen molar-refractivity contribution in [3.63, 3.8) is 0 Å². The summed E-state index contributed by atoms with van der Waals surface area (Å²) in [6.07, 6.45) is 3.37. The first-order chi connectivity index (χ1) is 13.1. The maximum absolute atomic E-state index is 12.8. The van der Waals surface area contributed by atoms with Gasteiger partial charge < -0.3 is 20.3 Å². The first kappa shape index (κ1) is 19.1. The monoisotopic (exact) mass is 367 g/mol. The molecule has 2 aliphatic rings. The van der Waals surface area contributed by atoms with E-state index in [1.54, 1.807) is 18.0 Å². The first-order valence-corrected chi connectivity index (χ1v) is 9.45. The molecule has 0 saturated carbocycles. The van der Waals surface area contributed by atoms with Crippen LogP contribution in [0.5, 0.6) is 0 Å². The zero-order valence-electron chi connectivity index (χ0n) is 15.6. The van der Waals surface area contributed by atoms with Gasteiger partial charge in [-0.2, -0.15) is 0 Å². The minimum absolute atomic E-state index is 0.139. The molecule has 1 saturated heterocycles. The number of carbonyl (C=O) groups excluding carboxylic acids is 3. The second-order valence-corrected chi connectivity index (χ2v) is 6.97. The van der Waals surface area contributed by atoms with Gasteiger partial charge in [-0.1, -0.05) is 17.9 Å². The fourth-order valence-corrected chi connectivity index (χ4v) is 3.59. The molecule has 1 unspecified atom stereocenters. The summed E-state index contributed by atoms with van der Waals surface area (Å²) in [5, 5.41) is 5.87. The summed E-state index contributed by atoms with van der Waals surface area (Å²) in [4.78, 5) is 37.4. The van der Waals surface area contributed by atoms with E-state index < -0.39 is 6.04 Å². The van der Waals surface area contributed by atoms with Crippen LogP contribution in [0, 0.1) is 17.8 Å². The Morgan fingerprint density at radius 1 is 1.41 bits per heavy atom. The molecule has 3 rings (SSSR count). The molecule has 0 radical (unpaired) electrons. The fraction of sp³-hybridized carbons (Fsp3) is 0.476. The normalized spacial score (nSPS) is 17.7. The van der Waals surface area contributed by atoms with E-state index in [4.69, 9.17) is 0 Å². The molecule has 27 heavy (non-hydrogen) atoms. The van der Waals surface area contributed by atoms with Crippen molar-refractivity contribution in [1.82, 2.24) is 15.5 Å². The summed E-state index contributed by atoms with van der Waals surface area (Å²) in [7, 11) is 1.56. The highest BCUT2D eigenvalue weighted by molar-refractivity contribution is 6.00. The van der Waals surface area contributed by atoms with Gasteiger partial charge in [0.15, 0.2) is 0 Å². The number of carbonyl (C=O) groups is 3. The largest absolute Gasteiger partial charge is 0.359 e. The summed E-state index contributed by atoms with van der Waals surface area (Å²) >= 11 is 0. The molecule has 2 aliphatic heterocycles. The topological polar surface area (TPSA) is 78.5 Å². The minimum Gasteiger partial charge on any atom is -0.359 e. The third-order valence-corrected chi connectivity index (χ3v) is 5.25. The molecule has 2 N–H and O–H groups in total. The quantitative estimate of drug-likeness (QED) is 0.603. The maximum Gasteiger partial charge on any atom is 0.255 e. The van der Waals surface area contributed by atoms with Crippen molar-refractivity contribution in [2.24, 2.45) is 5.92 Å². The Morgan fingerprint density at radius 2 is 2.19 bits per heavy atom. The van der Waals surface area contributed by atoms with Gasteiger partial charge in [0, 0.05) is 37.1 Å². The molecule has 6 nitrogen and oxygen atoms in total. The molecule has 0 spiro atoms. The van der Waals surface area contributed by atoms with E-state index in [1.807, 2.05) is 12.1 Å². The predicted molar refractivity (Wildman–Crippen MR) is 102 cm³/mol. The number of benzene rings is 1. The summed E-state index contributed by atoms with van der Waals surface area (Å²) in [5.41, 5.74) is 2.35. The molecule has 0 bridgehead atoms. The van der Waals surface area contributed by atoms with Crippen molar-refractivity contribution < 1.29 is 14.4 Å². The molecule has 0 aliphatic carbocycles. The van der Waals surface area contributed by atoms with Gasteiger partial charge in [-0.3, -0.25) is 9.59 Å². The molecular weight excluding hydrogens is 342 g/mol. The molecule has 1 atom stereocenters. The van der Waals surface area contributed by atoms with Crippen molar-refractivity contribution in [3.8, 4) is 11.8 Å². The Morgan fingerprint density at radius 3 is 2.89 bits per heavy atom. The summed E-state index contributed by atoms with van der Waals surface area (Å²) in [5.74, 6) is 6.69. The second kappa shape index (κ2) is 8.83. The van der Waals surface area contributed by atoms with Gasteiger partial charge in [-0.05, 0) is 50.0 Å². The van der Waals surface area contributed by atoms with Crippen LogP contribution < -0.4 is 10.6 Å². The van der Waals surface area contributed by atoms with Crippen LogP contribution in [0.15, 0.2) is 18.2 Å². The van der Waals surface area contributed by atoms with Crippen LogP contribution in [0.1, 0.15) is 47.2 Å². The maximum atomic E-state index is 12.8. The average Bonchev–Trinajstić information content (AvgIpc) is 3.05. The Hall–Kier alpha value is -2.65. The number of nitrogens with zero attached hydrogens (tertiary/aromatic N) is 1. The number of fused-ring (bicyclic) bond motifs is 1. The number of aldehydes is 1. The Labute approximate surface area is 159 Å². The number of nitrogens with one attached hydrogen (secondary N) is 2. The lowest BCUT2D eigenvalue weighted by atomic mass is 9.97. The molecule has 2 amide bonds. The Bertz CT molecular complexity index is 788. The summed E-state index contributed by atoms with van der Waals surface area (Å²) in [6, 6.07) is 4.96. The highest BCUT2D eigenvalue weighted by Gasteiger charge is 2.33. The van der Waals surface area contributed by atoms with E-state index in [0.717, 1.165) is 43.3 Å². The van der Waals surface area contributed by atoms with E-state index >= 15 is 0 Å². The number of hydrogen-bond acceptors (Lipinski definition) is 4. The van der Waals surface area contributed by atoms with Gasteiger partial charge in [0.2, 0.25) is 5.91 Å². The van der Waals surface area contributed by atoms with E-state index in [0.29, 0.717) is 24.4 Å². The predicted octanol–water partition coefficient (Wildman–Crippen LogP) is 1.09. The van der Waals surface area contributed by atoms with Gasteiger partial charge in [0.05, 0.1) is 6.04 Å². The van der Waals surface area contributed by atoms with E-state index in [2.05, 4.69) is 22.5 Å². The number of piperidine rings is 1. The number of rotatable bonds is 5. The zero-order chi connectivity index (χ0) is 19.2. The second-order valence-electron chi connectivity index (χ2n) is 6.97. The molecule has 2 heterocycles. The van der Waals surface area contributed by atoms with Crippen molar-refractivity contribution >= 4 is 18.1 Å². The van der Waals surface area contributed by atoms with Gasteiger partial charge in [0.1, 0.15) is 6.29 Å². The summed E-state index contributed by atoms with van der Waals surface area (Å²) in [6.45, 7) is 2.35. The molecule has 0 aromatic heterocycles. The van der Waals surface area contributed by atoms with Crippen molar-refractivity contribution in [3.05, 3.63) is 34.9 Å². The van der Waals surface area contributed by atoms with Crippen LogP contribution in [0.4, 0.5) is 0 Å². The molecule has 1 aromatic rings. The lowest BCUT2D eigenvalue weighted by molar-refractivity contribution is -0.121. The molecular formula is C21H25N3O3. The highest BCUT2D eigenvalue weighted by Crippen LogP contribution is 2.28. The van der Waals surface area contributed by atoms with Crippen LogP contribution in [0.3, 0.4) is 0 Å². The third kappa shape index (κ3) is 4.37. The Kier molecular flexibility index (Phi) is 6.25. The van der Waals surface area contributed by atoms with Gasteiger partial charge in [0.25, 0.3) is 5.91 Å². The van der Waals surface area contributed by atoms with Crippen LogP contribution in [-0.4, -0.2) is 49.2 Å². The zero-order valence-corrected chi connectivity index (χ0v) is 15.6. The standard InChI is InChI=1S/C21H25N3O3/c1-22-20(26)8-7-17(14-25)24-13-19-16(3-2-4-18(19)21(24)27)6-5-15-9-11-23-12-10-15/h2-4,14-15,17,23H,7-13H2,1H3,(H,22,26). The molecule has 142 valence electrons. The fourth-order valence-electron chi connectivity index (χ4n) is 3.59. The molecule has 1 aromatic carbocycles. The van der Waals surface area contributed by atoms with Crippen molar-refractivity contribution in [2.75, 3.05) is 20.1 Å². The van der Waals surface area contributed by atoms with E-state index in [9.17, 15) is 14.4 Å². The van der Waals surface area contributed by atoms with E-state index in [1.165, 1.54) is 0 Å². The van der Waals surface area contributed by atoms with Crippen LogP contribution in [0.25, 0.3) is 0 Å². The van der Waals surface area contributed by atoms with E-state index in [-0.39, 0.29) is 18.2 Å². The Balaban J connectivity index is 1.77. The summed E-state index contributed by atoms with van der Waals surface area (Å²) < 4.78 is 0. The smallest absolute Gasteiger partial charge is 0.255 e. The lowest BCUT2D eigenvalue weighted by Gasteiger charge is -2.22. The average molecular weight is 367 g/mol. The SMILES string of the molecule is CNC(=O)CCC(C=O)N1Cc2c(C#CC3CCNCC3)cccc2C1=O. The van der Waals surface area contributed by atoms with Crippen LogP contribution in [-0.2, 0) is 16.1 Å². The number of hydrogen-bond donors (Lipinski definition) is 2. The van der Waals surface area contributed by atoms with Gasteiger partial charge >= 0.3 is 0 Å². The highest BCUT2D eigenvalue weighted by atomic mass is 16.2.